The van der Waals surface area contributed by atoms with Crippen molar-refractivity contribution in [3.8, 4) is 0 Å². The molecule has 1 aliphatic rings. The Morgan fingerprint density at radius 2 is 1.90 bits per heavy atom. The molecule has 0 saturated heterocycles. The third kappa shape index (κ3) is 3.54. The van der Waals surface area contributed by atoms with Gasteiger partial charge in [0.15, 0.2) is 0 Å². The van der Waals surface area contributed by atoms with Crippen molar-refractivity contribution < 1.29 is 22.7 Å². The third-order valence-corrected chi connectivity index (χ3v) is 7.03. The van der Waals surface area contributed by atoms with Crippen molar-refractivity contribution in [2.45, 2.75) is 43.2 Å². The van der Waals surface area contributed by atoms with Gasteiger partial charge in [-0.25, -0.2) is 22.3 Å². The lowest BCUT2D eigenvalue weighted by molar-refractivity contribution is -0.140. The SMILES string of the molecule is CC(C(=O)O)n1c2c(c3ccccc31)C[C@H](NS(=O)(=O)c1ccc(F)cc1)CC2. The zero-order valence-corrected chi connectivity index (χ0v) is 16.6. The summed E-state index contributed by atoms with van der Waals surface area (Å²) < 4.78 is 43.0. The van der Waals surface area contributed by atoms with Gasteiger partial charge < -0.3 is 9.67 Å². The number of nitrogens with one attached hydrogen (secondary N) is 1. The molecule has 1 heterocycles. The number of benzene rings is 2. The van der Waals surface area contributed by atoms with Crippen LogP contribution in [0.5, 0.6) is 0 Å². The molecule has 0 amide bonds. The summed E-state index contributed by atoms with van der Waals surface area (Å²) in [5.41, 5.74) is 2.76. The number of hydrogen-bond donors (Lipinski definition) is 2. The second-order valence-electron chi connectivity index (χ2n) is 7.34. The number of carboxylic acid groups (broad SMARTS) is 1. The van der Waals surface area contributed by atoms with E-state index in [1.807, 2.05) is 28.8 Å². The van der Waals surface area contributed by atoms with E-state index in [9.17, 15) is 22.7 Å². The molecule has 6 nitrogen and oxygen atoms in total. The van der Waals surface area contributed by atoms with Crippen LogP contribution in [0.1, 0.15) is 30.6 Å². The van der Waals surface area contributed by atoms with Gasteiger partial charge in [0.2, 0.25) is 10.0 Å². The zero-order chi connectivity index (χ0) is 20.8. The number of hydrogen-bond acceptors (Lipinski definition) is 3. The first-order chi connectivity index (χ1) is 13.8. The van der Waals surface area contributed by atoms with Crippen LogP contribution < -0.4 is 4.72 Å². The molecular weight excluding hydrogens is 395 g/mol. The minimum Gasteiger partial charge on any atom is -0.480 e. The molecule has 2 atom stereocenters. The number of sulfonamides is 1. The Morgan fingerprint density at radius 3 is 2.59 bits per heavy atom. The minimum atomic E-state index is -3.77. The molecule has 0 fully saturated rings. The van der Waals surface area contributed by atoms with Crippen LogP contribution >= 0.6 is 0 Å². The second-order valence-corrected chi connectivity index (χ2v) is 9.06. The van der Waals surface area contributed by atoms with Gasteiger partial charge >= 0.3 is 5.97 Å². The maximum atomic E-state index is 13.1. The normalized spacial score (nSPS) is 17.8. The summed E-state index contributed by atoms with van der Waals surface area (Å²) >= 11 is 0. The summed E-state index contributed by atoms with van der Waals surface area (Å²) in [6.07, 6.45) is 1.59. The highest BCUT2D eigenvalue weighted by Gasteiger charge is 2.30. The number of rotatable bonds is 5. The molecule has 1 unspecified atom stereocenters. The maximum absolute atomic E-state index is 13.1. The number of fused-ring (bicyclic) bond motifs is 3. The molecule has 0 bridgehead atoms. The van der Waals surface area contributed by atoms with Gasteiger partial charge in [-0.05, 0) is 62.1 Å². The lowest BCUT2D eigenvalue weighted by Gasteiger charge is -2.26. The topological polar surface area (TPSA) is 88.4 Å². The molecule has 152 valence electrons. The van der Waals surface area contributed by atoms with Crippen molar-refractivity contribution in [3.63, 3.8) is 0 Å². The monoisotopic (exact) mass is 416 g/mol. The standard InChI is InChI=1S/C21H21FN2O4S/c1-13(21(25)26)24-19-5-3-2-4-17(19)18-12-15(8-11-20(18)24)23-29(27,28)16-9-6-14(22)7-10-16/h2-7,9-10,13,15,23H,8,11-12H2,1H3,(H,25,26)/t13?,15-/m1/s1. The second kappa shape index (κ2) is 7.27. The molecule has 1 aromatic heterocycles. The molecule has 2 aromatic carbocycles. The minimum absolute atomic E-state index is 0.0200. The first-order valence-corrected chi connectivity index (χ1v) is 10.9. The lowest BCUT2D eigenvalue weighted by atomic mass is 9.92. The Labute approximate surface area is 168 Å². The van der Waals surface area contributed by atoms with E-state index >= 15 is 0 Å². The van der Waals surface area contributed by atoms with E-state index in [4.69, 9.17) is 0 Å². The molecule has 0 aliphatic heterocycles. The van der Waals surface area contributed by atoms with Crippen LogP contribution in [-0.2, 0) is 27.7 Å². The highest BCUT2D eigenvalue weighted by atomic mass is 32.2. The Hall–Kier alpha value is -2.71. The fourth-order valence-corrected chi connectivity index (χ4v) is 5.37. The van der Waals surface area contributed by atoms with Gasteiger partial charge in [-0.2, -0.15) is 0 Å². The molecule has 2 N–H and O–H groups in total. The number of aliphatic carboxylic acids is 1. The quantitative estimate of drug-likeness (QED) is 0.668. The van der Waals surface area contributed by atoms with Crippen LogP contribution in [-0.4, -0.2) is 30.1 Å². The molecule has 0 saturated carbocycles. The molecule has 29 heavy (non-hydrogen) atoms. The number of aromatic nitrogens is 1. The summed E-state index contributed by atoms with van der Waals surface area (Å²) in [6, 6.07) is 11.3. The van der Waals surface area contributed by atoms with Crippen LogP contribution in [0.2, 0.25) is 0 Å². The van der Waals surface area contributed by atoms with Crippen molar-refractivity contribution in [2.24, 2.45) is 0 Å². The number of para-hydroxylation sites is 1. The van der Waals surface area contributed by atoms with Crippen LogP contribution in [0.15, 0.2) is 53.4 Å². The molecule has 0 spiro atoms. The third-order valence-electron chi connectivity index (χ3n) is 5.50. The molecule has 0 radical (unpaired) electrons. The van der Waals surface area contributed by atoms with Gasteiger partial charge in [0.25, 0.3) is 0 Å². The van der Waals surface area contributed by atoms with Crippen LogP contribution in [0.3, 0.4) is 0 Å². The van der Waals surface area contributed by atoms with Gasteiger partial charge in [-0.1, -0.05) is 18.2 Å². The lowest BCUT2D eigenvalue weighted by Crippen LogP contribution is -2.39. The summed E-state index contributed by atoms with van der Waals surface area (Å²) in [5.74, 6) is -1.40. The zero-order valence-electron chi connectivity index (χ0n) is 15.8. The maximum Gasteiger partial charge on any atom is 0.326 e. The van der Waals surface area contributed by atoms with Crippen LogP contribution in [0, 0.1) is 5.82 Å². The van der Waals surface area contributed by atoms with E-state index in [1.165, 1.54) is 12.1 Å². The van der Waals surface area contributed by atoms with Gasteiger partial charge in [0, 0.05) is 22.6 Å². The van der Waals surface area contributed by atoms with E-state index in [0.717, 1.165) is 34.3 Å². The Morgan fingerprint density at radius 1 is 1.21 bits per heavy atom. The van der Waals surface area contributed by atoms with Crippen LogP contribution in [0.4, 0.5) is 4.39 Å². The van der Waals surface area contributed by atoms with E-state index in [-0.39, 0.29) is 10.9 Å². The van der Waals surface area contributed by atoms with Gasteiger partial charge in [-0.15, -0.1) is 0 Å². The average molecular weight is 416 g/mol. The van der Waals surface area contributed by atoms with Gasteiger partial charge in [-0.3, -0.25) is 0 Å². The van der Waals surface area contributed by atoms with Crippen molar-refractivity contribution in [2.75, 3.05) is 0 Å². The van der Waals surface area contributed by atoms with Gasteiger partial charge in [0.1, 0.15) is 11.9 Å². The van der Waals surface area contributed by atoms with E-state index in [0.29, 0.717) is 19.3 Å². The Kier molecular flexibility index (Phi) is 4.92. The molecular formula is C21H21FN2O4S. The predicted octanol–water partition coefficient (Wildman–Crippen LogP) is 3.26. The highest BCUT2D eigenvalue weighted by Crippen LogP contribution is 2.35. The summed E-state index contributed by atoms with van der Waals surface area (Å²) in [4.78, 5) is 11.6. The van der Waals surface area contributed by atoms with Crippen molar-refractivity contribution in [3.05, 3.63) is 65.6 Å². The first kappa shape index (κ1) is 19.6. The van der Waals surface area contributed by atoms with Crippen molar-refractivity contribution in [1.29, 1.82) is 0 Å². The molecule has 1 aliphatic carbocycles. The number of halogens is 1. The average Bonchev–Trinajstić information content (AvgIpc) is 3.01. The molecule has 4 rings (SSSR count). The van der Waals surface area contributed by atoms with Crippen molar-refractivity contribution in [1.82, 2.24) is 9.29 Å². The fraction of sp³-hybridized carbons (Fsp3) is 0.286. The number of carboxylic acids is 1. The number of carbonyl (C=O) groups is 1. The first-order valence-electron chi connectivity index (χ1n) is 9.39. The largest absolute Gasteiger partial charge is 0.480 e. The highest BCUT2D eigenvalue weighted by molar-refractivity contribution is 7.89. The predicted molar refractivity (Wildman–Crippen MR) is 107 cm³/mol. The molecule has 3 aromatic rings. The summed E-state index contributed by atoms with van der Waals surface area (Å²) in [5, 5.41) is 10.5. The van der Waals surface area contributed by atoms with E-state index in [2.05, 4.69) is 4.72 Å². The Bertz CT molecular complexity index is 1190. The number of nitrogens with zero attached hydrogens (tertiary/aromatic N) is 1. The Balaban J connectivity index is 1.68. The van der Waals surface area contributed by atoms with Gasteiger partial charge in [0.05, 0.1) is 4.90 Å². The summed E-state index contributed by atoms with van der Waals surface area (Å²) in [6.45, 7) is 1.65. The summed E-state index contributed by atoms with van der Waals surface area (Å²) in [7, 11) is -3.77. The smallest absolute Gasteiger partial charge is 0.326 e. The van der Waals surface area contributed by atoms with E-state index < -0.39 is 27.9 Å². The van der Waals surface area contributed by atoms with E-state index in [1.54, 1.807) is 6.92 Å². The van der Waals surface area contributed by atoms with Crippen molar-refractivity contribution >= 4 is 26.9 Å². The fourth-order valence-electron chi connectivity index (χ4n) is 4.10. The van der Waals surface area contributed by atoms with Crippen LogP contribution in [0.25, 0.3) is 10.9 Å². The molecule has 8 heteroatoms.